The fourth-order valence-corrected chi connectivity index (χ4v) is 1.93. The quantitative estimate of drug-likeness (QED) is 0.846. The van der Waals surface area contributed by atoms with Gasteiger partial charge in [-0.2, -0.15) is 0 Å². The molecule has 1 saturated heterocycles. The summed E-state index contributed by atoms with van der Waals surface area (Å²) in [7, 11) is 0. The second-order valence-electron chi connectivity index (χ2n) is 4.76. The smallest absolute Gasteiger partial charge is 0.262 e. The first-order chi connectivity index (χ1) is 7.35. The van der Waals surface area contributed by atoms with Crippen molar-refractivity contribution in [2.24, 2.45) is 5.92 Å². The lowest BCUT2D eigenvalue weighted by atomic mass is 10.1. The number of likely N-dealkylation sites (N-methyl/N-ethyl adjacent to an activating group) is 1. The number of halogens is 3. The summed E-state index contributed by atoms with van der Waals surface area (Å²) in [6.45, 7) is 6.69. The molecule has 1 aliphatic rings. The molecule has 0 aromatic carbocycles. The minimum absolute atomic E-state index is 0. The van der Waals surface area contributed by atoms with Gasteiger partial charge in [-0.25, -0.2) is 8.78 Å². The molecular weight excluding hydrogens is 250 g/mol. The maximum atomic E-state index is 13.0. The van der Waals surface area contributed by atoms with Crippen LogP contribution in [0.25, 0.3) is 0 Å². The molecule has 1 fully saturated rings. The van der Waals surface area contributed by atoms with Crippen LogP contribution >= 0.6 is 12.4 Å². The van der Waals surface area contributed by atoms with Crippen LogP contribution in [0.15, 0.2) is 0 Å². The molecule has 1 N–H and O–H groups in total. The lowest BCUT2D eigenvalue weighted by Gasteiger charge is -2.25. The molecule has 3 nitrogen and oxygen atoms in total. The van der Waals surface area contributed by atoms with Crippen molar-refractivity contribution in [2.45, 2.75) is 39.2 Å². The van der Waals surface area contributed by atoms with Crippen LogP contribution in [0.3, 0.4) is 0 Å². The molecule has 0 aromatic heterocycles. The van der Waals surface area contributed by atoms with Crippen LogP contribution in [0, 0.1) is 5.92 Å². The third kappa shape index (κ3) is 4.76. The average molecular weight is 271 g/mol. The Morgan fingerprint density at radius 1 is 1.53 bits per heavy atom. The highest BCUT2D eigenvalue weighted by atomic mass is 35.5. The van der Waals surface area contributed by atoms with Gasteiger partial charge in [0.1, 0.15) is 0 Å². The molecule has 0 radical (unpaired) electrons. The van der Waals surface area contributed by atoms with Crippen molar-refractivity contribution in [3.8, 4) is 0 Å². The van der Waals surface area contributed by atoms with Gasteiger partial charge >= 0.3 is 0 Å². The van der Waals surface area contributed by atoms with E-state index in [-0.39, 0.29) is 31.3 Å². The topological polar surface area (TPSA) is 32.3 Å². The van der Waals surface area contributed by atoms with Gasteiger partial charge in [0, 0.05) is 19.5 Å². The highest BCUT2D eigenvalue weighted by molar-refractivity contribution is 5.85. The molecule has 1 atom stereocenters. The summed E-state index contributed by atoms with van der Waals surface area (Å²) in [4.78, 5) is 13.6. The lowest BCUT2D eigenvalue weighted by molar-refractivity contribution is -0.134. The van der Waals surface area contributed by atoms with Crippen molar-refractivity contribution >= 4 is 18.3 Å². The Balaban J connectivity index is 0.00000256. The second kappa shape index (κ2) is 6.50. The zero-order chi connectivity index (χ0) is 12.3. The molecule has 17 heavy (non-hydrogen) atoms. The Labute approximate surface area is 107 Å². The number of amides is 1. The first-order valence-corrected chi connectivity index (χ1v) is 5.75. The maximum absolute atomic E-state index is 13.0. The van der Waals surface area contributed by atoms with Crippen molar-refractivity contribution in [1.29, 1.82) is 0 Å². The minimum Gasteiger partial charge on any atom is -0.341 e. The molecule has 1 heterocycles. The Morgan fingerprint density at radius 2 is 2.12 bits per heavy atom. The molecule has 0 aromatic rings. The van der Waals surface area contributed by atoms with E-state index in [0.29, 0.717) is 19.0 Å². The molecule has 1 rings (SSSR count). The van der Waals surface area contributed by atoms with Gasteiger partial charge in [-0.3, -0.25) is 10.1 Å². The van der Waals surface area contributed by atoms with E-state index in [4.69, 9.17) is 0 Å². The van der Waals surface area contributed by atoms with E-state index in [1.165, 1.54) is 0 Å². The third-order valence-corrected chi connectivity index (χ3v) is 2.69. The summed E-state index contributed by atoms with van der Waals surface area (Å²) in [6.07, 6.45) is -0.375. The predicted octanol–water partition coefficient (Wildman–Crippen LogP) is 1.91. The van der Waals surface area contributed by atoms with Crippen molar-refractivity contribution in [1.82, 2.24) is 10.2 Å². The van der Waals surface area contributed by atoms with Crippen LogP contribution in [-0.2, 0) is 4.79 Å². The summed E-state index contributed by atoms with van der Waals surface area (Å²) < 4.78 is 25.9. The number of hydrogen-bond acceptors (Lipinski definition) is 2. The van der Waals surface area contributed by atoms with Crippen LogP contribution < -0.4 is 5.32 Å². The zero-order valence-corrected chi connectivity index (χ0v) is 11.3. The molecule has 102 valence electrons. The summed E-state index contributed by atoms with van der Waals surface area (Å²) in [5.41, 5.74) is 0. The fraction of sp³-hybridized carbons (Fsp3) is 0.909. The molecule has 6 heteroatoms. The number of rotatable bonds is 4. The summed E-state index contributed by atoms with van der Waals surface area (Å²) >= 11 is 0. The van der Waals surface area contributed by atoms with Crippen LogP contribution in [0.1, 0.15) is 27.2 Å². The summed E-state index contributed by atoms with van der Waals surface area (Å²) in [5, 5.41) is 2.59. The number of alkyl halides is 2. The van der Waals surface area contributed by atoms with Crippen molar-refractivity contribution in [3.63, 3.8) is 0 Å². The number of carbonyl (C=O) groups excluding carboxylic acids is 1. The number of hydrogen-bond donors (Lipinski definition) is 1. The molecule has 0 aliphatic carbocycles. The van der Waals surface area contributed by atoms with Crippen molar-refractivity contribution in [2.75, 3.05) is 19.6 Å². The number of nitrogens with zero attached hydrogens (tertiary/aromatic N) is 1. The van der Waals surface area contributed by atoms with Crippen LogP contribution in [0.4, 0.5) is 8.78 Å². The van der Waals surface area contributed by atoms with Gasteiger partial charge < -0.3 is 4.90 Å². The van der Waals surface area contributed by atoms with Crippen LogP contribution in [-0.4, -0.2) is 42.4 Å². The lowest BCUT2D eigenvalue weighted by Crippen LogP contribution is -2.44. The predicted molar refractivity (Wildman–Crippen MR) is 65.7 cm³/mol. The first-order valence-electron chi connectivity index (χ1n) is 5.75. The van der Waals surface area contributed by atoms with E-state index in [9.17, 15) is 13.6 Å². The van der Waals surface area contributed by atoms with E-state index in [1.54, 1.807) is 4.90 Å². The first kappa shape index (κ1) is 16.6. The highest BCUT2D eigenvalue weighted by Gasteiger charge is 2.43. The maximum Gasteiger partial charge on any atom is 0.262 e. The number of carbonyl (C=O) groups is 1. The third-order valence-electron chi connectivity index (χ3n) is 2.69. The van der Waals surface area contributed by atoms with E-state index in [1.807, 2.05) is 20.8 Å². The van der Waals surface area contributed by atoms with E-state index in [0.717, 1.165) is 0 Å². The molecule has 0 saturated carbocycles. The van der Waals surface area contributed by atoms with Gasteiger partial charge in [-0.1, -0.05) is 13.8 Å². The average Bonchev–Trinajstić information content (AvgIpc) is 2.54. The van der Waals surface area contributed by atoms with E-state index < -0.39 is 12.0 Å². The second-order valence-corrected chi connectivity index (χ2v) is 4.76. The molecule has 0 spiro atoms. The Morgan fingerprint density at radius 3 is 2.47 bits per heavy atom. The Bertz CT molecular complexity index is 258. The van der Waals surface area contributed by atoms with Gasteiger partial charge in [0.25, 0.3) is 5.92 Å². The van der Waals surface area contributed by atoms with Gasteiger partial charge in [0.05, 0.1) is 12.6 Å². The SMILES string of the molecule is CCN(CC(C)C)C(=O)C1CC(F)(F)CN1.Cl. The highest BCUT2D eigenvalue weighted by Crippen LogP contribution is 2.26. The molecule has 1 unspecified atom stereocenters. The zero-order valence-electron chi connectivity index (χ0n) is 10.5. The largest absolute Gasteiger partial charge is 0.341 e. The number of nitrogens with one attached hydrogen (secondary N) is 1. The van der Waals surface area contributed by atoms with E-state index >= 15 is 0 Å². The molecule has 1 aliphatic heterocycles. The van der Waals surface area contributed by atoms with Crippen LogP contribution in [0.2, 0.25) is 0 Å². The summed E-state index contributed by atoms with van der Waals surface area (Å²) in [6, 6.07) is -0.714. The standard InChI is InChI=1S/C11H20F2N2O.ClH/c1-4-15(6-8(2)3)10(16)9-5-11(12,13)7-14-9;/h8-9,14H,4-7H2,1-3H3;1H. The molecular formula is C11H21ClF2N2O. The van der Waals surface area contributed by atoms with E-state index in [2.05, 4.69) is 5.32 Å². The Kier molecular flexibility index (Phi) is 6.34. The normalized spacial score (nSPS) is 22.4. The Hall–Kier alpha value is -0.420. The fourth-order valence-electron chi connectivity index (χ4n) is 1.93. The van der Waals surface area contributed by atoms with Crippen molar-refractivity contribution < 1.29 is 13.6 Å². The van der Waals surface area contributed by atoms with Gasteiger partial charge in [0.15, 0.2) is 0 Å². The van der Waals surface area contributed by atoms with Crippen LogP contribution in [0.5, 0.6) is 0 Å². The van der Waals surface area contributed by atoms with Gasteiger partial charge in [-0.05, 0) is 12.8 Å². The summed E-state index contributed by atoms with van der Waals surface area (Å²) in [5.74, 6) is -2.59. The minimum atomic E-state index is -2.74. The monoisotopic (exact) mass is 270 g/mol. The van der Waals surface area contributed by atoms with Gasteiger partial charge in [-0.15, -0.1) is 12.4 Å². The van der Waals surface area contributed by atoms with Gasteiger partial charge in [0.2, 0.25) is 5.91 Å². The molecule has 1 amide bonds. The molecule has 0 bridgehead atoms. The van der Waals surface area contributed by atoms with Crippen molar-refractivity contribution in [3.05, 3.63) is 0 Å².